The van der Waals surface area contributed by atoms with Crippen LogP contribution in [0.15, 0.2) is 12.4 Å². The molecule has 8 heteroatoms. The minimum Gasteiger partial charge on any atom is -0.480 e. The first-order chi connectivity index (χ1) is 9.80. The highest BCUT2D eigenvalue weighted by atomic mass is 32.1. The van der Waals surface area contributed by atoms with Gasteiger partial charge in [-0.3, -0.25) is 0 Å². The van der Waals surface area contributed by atoms with E-state index in [1.54, 1.807) is 26.6 Å². The van der Waals surface area contributed by atoms with E-state index in [4.69, 9.17) is 9.47 Å². The van der Waals surface area contributed by atoms with Crippen molar-refractivity contribution in [3.05, 3.63) is 23.8 Å². The second-order valence-corrected chi connectivity index (χ2v) is 4.58. The monoisotopic (exact) mass is 295 g/mol. The van der Waals surface area contributed by atoms with Crippen LogP contribution in [-0.2, 0) is 0 Å². The minimum absolute atomic E-state index is 0.193. The zero-order chi connectivity index (χ0) is 14.4. The largest absolute Gasteiger partial charge is 0.480 e. The lowest BCUT2D eigenvalue weighted by Crippen LogP contribution is -2.25. The van der Waals surface area contributed by atoms with E-state index in [0.29, 0.717) is 17.5 Å². The van der Waals surface area contributed by atoms with Crippen LogP contribution in [0.1, 0.15) is 30.8 Å². The van der Waals surface area contributed by atoms with Crippen molar-refractivity contribution in [3.63, 3.8) is 0 Å². The zero-order valence-electron chi connectivity index (χ0n) is 11.7. The first-order valence-electron chi connectivity index (χ1n) is 6.25. The van der Waals surface area contributed by atoms with Crippen LogP contribution in [0.2, 0.25) is 0 Å². The van der Waals surface area contributed by atoms with Gasteiger partial charge in [-0.25, -0.2) is 4.98 Å². The molecule has 2 rings (SSSR count). The van der Waals surface area contributed by atoms with Gasteiger partial charge in [-0.1, -0.05) is 6.92 Å². The molecule has 0 bridgehead atoms. The van der Waals surface area contributed by atoms with E-state index in [0.717, 1.165) is 30.4 Å². The van der Waals surface area contributed by atoms with Gasteiger partial charge in [0.25, 0.3) is 0 Å². The van der Waals surface area contributed by atoms with Gasteiger partial charge in [0.1, 0.15) is 11.7 Å². The predicted octanol–water partition coefficient (Wildman–Crippen LogP) is 1.43. The highest BCUT2D eigenvalue weighted by molar-refractivity contribution is 6.99. The molecule has 0 saturated carbocycles. The smallest absolute Gasteiger partial charge is 0.240 e. The zero-order valence-corrected chi connectivity index (χ0v) is 12.5. The molecule has 0 fully saturated rings. The maximum atomic E-state index is 5.31. The van der Waals surface area contributed by atoms with Crippen LogP contribution in [0.3, 0.4) is 0 Å². The molecule has 1 unspecified atom stereocenters. The Kier molecular flexibility index (Phi) is 5.19. The van der Waals surface area contributed by atoms with Gasteiger partial charge < -0.3 is 14.8 Å². The molecule has 2 aromatic rings. The van der Waals surface area contributed by atoms with Crippen molar-refractivity contribution in [1.29, 1.82) is 0 Å². The summed E-state index contributed by atoms with van der Waals surface area (Å²) >= 11 is 1.16. The van der Waals surface area contributed by atoms with Crippen LogP contribution in [0.5, 0.6) is 11.8 Å². The summed E-state index contributed by atoms with van der Waals surface area (Å²) < 4.78 is 18.7. The third-order valence-electron chi connectivity index (χ3n) is 2.69. The fourth-order valence-corrected chi connectivity index (χ4v) is 2.19. The van der Waals surface area contributed by atoms with Crippen LogP contribution in [0, 0.1) is 0 Å². The minimum atomic E-state index is -0.193. The Morgan fingerprint density at radius 1 is 1.30 bits per heavy atom. The molecule has 1 N–H and O–H groups in total. The van der Waals surface area contributed by atoms with Crippen LogP contribution >= 0.6 is 11.7 Å². The molecule has 0 amide bonds. The maximum absolute atomic E-state index is 5.31. The molecule has 1 atom stereocenters. The van der Waals surface area contributed by atoms with Crippen molar-refractivity contribution in [2.45, 2.75) is 19.4 Å². The standard InChI is InChI=1S/C12H17N5O2S/c1-4-5-13-10(8-6-15-20-17-8)11-12(19-3)16-9(18-2)7-14-11/h6-7,10,13H,4-5H2,1-3H3. The normalized spacial score (nSPS) is 12.2. The summed E-state index contributed by atoms with van der Waals surface area (Å²) in [5.74, 6) is 0.835. The fraction of sp³-hybridized carbons (Fsp3) is 0.500. The number of methoxy groups -OCH3 is 2. The molecule has 2 heterocycles. The van der Waals surface area contributed by atoms with Gasteiger partial charge in [-0.05, 0) is 13.0 Å². The SMILES string of the molecule is CCCNC(c1cnsn1)c1ncc(OC)nc1OC. The summed E-state index contributed by atoms with van der Waals surface area (Å²) in [6.07, 6.45) is 4.29. The molecule has 0 aliphatic carbocycles. The summed E-state index contributed by atoms with van der Waals surface area (Å²) in [6.45, 7) is 2.93. The van der Waals surface area contributed by atoms with Crippen molar-refractivity contribution in [2.75, 3.05) is 20.8 Å². The van der Waals surface area contributed by atoms with Crippen LogP contribution in [-0.4, -0.2) is 39.5 Å². The van der Waals surface area contributed by atoms with Gasteiger partial charge in [0.15, 0.2) is 0 Å². The number of aromatic nitrogens is 4. The summed E-state index contributed by atoms with van der Waals surface area (Å²) in [4.78, 5) is 8.65. The van der Waals surface area contributed by atoms with E-state index in [9.17, 15) is 0 Å². The molecule has 108 valence electrons. The lowest BCUT2D eigenvalue weighted by atomic mass is 10.1. The molecule has 2 aromatic heterocycles. The quantitative estimate of drug-likeness (QED) is 0.827. The number of hydrogen-bond donors (Lipinski definition) is 1. The molecule has 0 aliphatic heterocycles. The molecule has 20 heavy (non-hydrogen) atoms. The Morgan fingerprint density at radius 3 is 2.75 bits per heavy atom. The Labute approximate surface area is 121 Å². The Balaban J connectivity index is 2.37. The van der Waals surface area contributed by atoms with Crippen LogP contribution < -0.4 is 14.8 Å². The average Bonchev–Trinajstić information content (AvgIpc) is 3.02. The van der Waals surface area contributed by atoms with Crippen molar-refractivity contribution in [2.24, 2.45) is 0 Å². The molecule has 0 spiro atoms. The van der Waals surface area contributed by atoms with E-state index in [2.05, 4.69) is 31.0 Å². The number of rotatable bonds is 7. The number of hydrogen-bond acceptors (Lipinski definition) is 8. The van der Waals surface area contributed by atoms with Gasteiger partial charge in [0, 0.05) is 0 Å². The van der Waals surface area contributed by atoms with Gasteiger partial charge in [0.2, 0.25) is 11.8 Å². The van der Waals surface area contributed by atoms with E-state index >= 15 is 0 Å². The third kappa shape index (κ3) is 3.20. The Bertz CT molecular complexity index is 535. The summed E-state index contributed by atoms with van der Waals surface area (Å²) in [5.41, 5.74) is 1.48. The number of ether oxygens (including phenoxy) is 2. The van der Waals surface area contributed by atoms with Gasteiger partial charge >= 0.3 is 0 Å². The molecule has 0 radical (unpaired) electrons. The summed E-state index contributed by atoms with van der Waals surface area (Å²) in [6, 6.07) is -0.193. The highest BCUT2D eigenvalue weighted by Gasteiger charge is 2.23. The van der Waals surface area contributed by atoms with E-state index in [1.165, 1.54) is 0 Å². The van der Waals surface area contributed by atoms with Crippen molar-refractivity contribution in [1.82, 2.24) is 24.0 Å². The lowest BCUT2D eigenvalue weighted by molar-refractivity contribution is 0.352. The van der Waals surface area contributed by atoms with E-state index in [-0.39, 0.29) is 6.04 Å². The number of nitrogens with one attached hydrogen (secondary N) is 1. The second kappa shape index (κ2) is 7.11. The molecule has 0 aliphatic rings. The highest BCUT2D eigenvalue weighted by Crippen LogP contribution is 2.27. The molecule has 0 saturated heterocycles. The van der Waals surface area contributed by atoms with E-state index in [1.807, 2.05) is 0 Å². The average molecular weight is 295 g/mol. The van der Waals surface area contributed by atoms with Gasteiger partial charge in [-0.15, -0.1) is 0 Å². The van der Waals surface area contributed by atoms with Gasteiger partial charge in [-0.2, -0.15) is 13.7 Å². The van der Waals surface area contributed by atoms with Gasteiger partial charge in [0.05, 0.1) is 44.0 Å². The van der Waals surface area contributed by atoms with Crippen LogP contribution in [0.25, 0.3) is 0 Å². The van der Waals surface area contributed by atoms with Crippen molar-refractivity contribution >= 4 is 11.7 Å². The number of nitrogens with zero attached hydrogens (tertiary/aromatic N) is 4. The van der Waals surface area contributed by atoms with Crippen LogP contribution in [0.4, 0.5) is 0 Å². The topological polar surface area (TPSA) is 82.1 Å². The Morgan fingerprint density at radius 2 is 2.15 bits per heavy atom. The van der Waals surface area contributed by atoms with E-state index < -0.39 is 0 Å². The first kappa shape index (κ1) is 14.6. The maximum Gasteiger partial charge on any atom is 0.240 e. The lowest BCUT2D eigenvalue weighted by Gasteiger charge is -2.17. The molecular formula is C12H17N5O2S. The van der Waals surface area contributed by atoms with Crippen molar-refractivity contribution < 1.29 is 9.47 Å². The van der Waals surface area contributed by atoms with Crippen molar-refractivity contribution in [3.8, 4) is 11.8 Å². The fourth-order valence-electron chi connectivity index (χ4n) is 1.74. The second-order valence-electron chi connectivity index (χ2n) is 4.03. The third-order valence-corrected chi connectivity index (χ3v) is 3.19. The predicted molar refractivity (Wildman–Crippen MR) is 75.2 cm³/mol. The molecule has 7 nitrogen and oxygen atoms in total. The molecular weight excluding hydrogens is 278 g/mol. The summed E-state index contributed by atoms with van der Waals surface area (Å²) in [5, 5.41) is 3.38. The summed E-state index contributed by atoms with van der Waals surface area (Å²) in [7, 11) is 3.10. The first-order valence-corrected chi connectivity index (χ1v) is 6.99. The molecule has 0 aromatic carbocycles. The Hall–Kier alpha value is -1.80.